The minimum atomic E-state index is -0.188. The number of nitrogens with zero attached hydrogens (tertiary/aromatic N) is 5. The van der Waals surface area contributed by atoms with Crippen molar-refractivity contribution in [2.75, 3.05) is 31.5 Å². The summed E-state index contributed by atoms with van der Waals surface area (Å²) < 4.78 is 0. The molecule has 1 fully saturated rings. The van der Waals surface area contributed by atoms with Crippen molar-refractivity contribution in [2.24, 2.45) is 0 Å². The van der Waals surface area contributed by atoms with Gasteiger partial charge in [-0.2, -0.15) is 5.21 Å². The molecule has 2 amide bonds. The van der Waals surface area contributed by atoms with Crippen LogP contribution in [0, 0.1) is 0 Å². The van der Waals surface area contributed by atoms with Crippen molar-refractivity contribution < 1.29 is 4.79 Å². The van der Waals surface area contributed by atoms with Gasteiger partial charge in [0.2, 0.25) is 0 Å². The fourth-order valence-electron chi connectivity index (χ4n) is 3.09. The highest BCUT2D eigenvalue weighted by Crippen LogP contribution is 2.17. The SMILES string of the molecule is O=C(Nc1nn[nH]n1)N1CCN(Cc2ccc3ccccc3c2)CC1. The van der Waals surface area contributed by atoms with Crippen LogP contribution in [0.5, 0.6) is 0 Å². The number of piperazine rings is 1. The van der Waals surface area contributed by atoms with E-state index in [-0.39, 0.29) is 12.0 Å². The Morgan fingerprint density at radius 1 is 1.08 bits per heavy atom. The zero-order chi connectivity index (χ0) is 17.1. The average Bonchev–Trinajstić information content (AvgIpc) is 3.15. The molecule has 3 aromatic rings. The highest BCUT2D eigenvalue weighted by atomic mass is 16.2. The van der Waals surface area contributed by atoms with Crippen molar-refractivity contribution in [1.82, 2.24) is 30.4 Å². The molecule has 4 rings (SSSR count). The summed E-state index contributed by atoms with van der Waals surface area (Å²) in [6.45, 7) is 3.93. The molecule has 1 aromatic heterocycles. The zero-order valence-corrected chi connectivity index (χ0v) is 13.7. The Labute approximate surface area is 144 Å². The molecule has 128 valence electrons. The smallest absolute Gasteiger partial charge is 0.322 e. The first-order valence-corrected chi connectivity index (χ1v) is 8.27. The number of nitrogens with one attached hydrogen (secondary N) is 2. The van der Waals surface area contributed by atoms with E-state index in [0.717, 1.165) is 19.6 Å². The number of rotatable bonds is 3. The number of H-pyrrole nitrogens is 1. The third kappa shape index (κ3) is 3.58. The van der Waals surface area contributed by atoms with Crippen LogP contribution in [0.15, 0.2) is 42.5 Å². The van der Waals surface area contributed by atoms with E-state index in [1.807, 2.05) is 0 Å². The lowest BCUT2D eigenvalue weighted by Crippen LogP contribution is -2.49. The molecular weight excluding hydrogens is 318 g/mol. The molecule has 2 N–H and O–H groups in total. The Morgan fingerprint density at radius 3 is 2.64 bits per heavy atom. The summed E-state index contributed by atoms with van der Waals surface area (Å²) in [7, 11) is 0. The number of carbonyl (C=O) groups is 1. The number of hydrogen-bond acceptors (Lipinski definition) is 5. The fourth-order valence-corrected chi connectivity index (χ4v) is 3.09. The molecule has 8 nitrogen and oxygen atoms in total. The summed E-state index contributed by atoms with van der Waals surface area (Å²) in [5.74, 6) is 0.198. The Hall–Kier alpha value is -3.00. The summed E-state index contributed by atoms with van der Waals surface area (Å²) >= 11 is 0. The van der Waals surface area contributed by atoms with Gasteiger partial charge in [0.15, 0.2) is 0 Å². The van der Waals surface area contributed by atoms with Gasteiger partial charge in [-0.1, -0.05) is 41.5 Å². The van der Waals surface area contributed by atoms with Gasteiger partial charge in [-0.25, -0.2) is 4.79 Å². The number of anilines is 1. The quantitative estimate of drug-likeness (QED) is 0.759. The van der Waals surface area contributed by atoms with Crippen LogP contribution in [0.1, 0.15) is 5.56 Å². The van der Waals surface area contributed by atoms with Crippen molar-refractivity contribution >= 4 is 22.8 Å². The molecule has 2 heterocycles. The van der Waals surface area contributed by atoms with Crippen molar-refractivity contribution in [2.45, 2.75) is 6.54 Å². The van der Waals surface area contributed by atoms with Gasteiger partial charge in [-0.05, 0) is 27.6 Å². The maximum Gasteiger partial charge on any atom is 0.324 e. The third-order valence-electron chi connectivity index (χ3n) is 4.44. The first-order chi connectivity index (χ1) is 12.3. The van der Waals surface area contributed by atoms with Crippen molar-refractivity contribution in [1.29, 1.82) is 0 Å². The number of aromatic nitrogens is 4. The summed E-state index contributed by atoms with van der Waals surface area (Å²) in [5.41, 5.74) is 1.29. The Balaban J connectivity index is 1.32. The second-order valence-corrected chi connectivity index (χ2v) is 6.11. The lowest BCUT2D eigenvalue weighted by atomic mass is 10.1. The number of carbonyl (C=O) groups excluding carboxylic acids is 1. The number of fused-ring (bicyclic) bond motifs is 1. The minimum absolute atomic E-state index is 0.188. The number of aromatic amines is 1. The second-order valence-electron chi connectivity index (χ2n) is 6.11. The van der Waals surface area contributed by atoms with Gasteiger partial charge in [0, 0.05) is 32.7 Å². The molecule has 0 atom stereocenters. The van der Waals surface area contributed by atoms with Crippen LogP contribution < -0.4 is 5.32 Å². The van der Waals surface area contributed by atoms with Gasteiger partial charge in [-0.15, -0.1) is 5.10 Å². The van der Waals surface area contributed by atoms with E-state index in [9.17, 15) is 4.79 Å². The Kier molecular flexibility index (Phi) is 4.26. The molecule has 0 saturated carbocycles. The normalized spacial score (nSPS) is 15.4. The highest BCUT2D eigenvalue weighted by molar-refractivity contribution is 5.87. The van der Waals surface area contributed by atoms with E-state index in [1.165, 1.54) is 16.3 Å². The lowest BCUT2D eigenvalue weighted by molar-refractivity contribution is 0.143. The first-order valence-electron chi connectivity index (χ1n) is 8.27. The van der Waals surface area contributed by atoms with Crippen LogP contribution in [0.3, 0.4) is 0 Å². The van der Waals surface area contributed by atoms with E-state index < -0.39 is 0 Å². The largest absolute Gasteiger partial charge is 0.324 e. The minimum Gasteiger partial charge on any atom is -0.322 e. The molecule has 1 saturated heterocycles. The monoisotopic (exact) mass is 337 g/mol. The van der Waals surface area contributed by atoms with Gasteiger partial charge in [0.25, 0.3) is 5.95 Å². The number of hydrogen-bond donors (Lipinski definition) is 2. The van der Waals surface area contributed by atoms with Gasteiger partial charge in [0.05, 0.1) is 0 Å². The molecule has 1 aliphatic rings. The van der Waals surface area contributed by atoms with Gasteiger partial charge in [-0.3, -0.25) is 10.2 Å². The Morgan fingerprint density at radius 2 is 1.88 bits per heavy atom. The van der Waals surface area contributed by atoms with Crippen LogP contribution in [-0.2, 0) is 6.54 Å². The van der Waals surface area contributed by atoms with E-state index in [2.05, 4.69) is 73.3 Å². The topological polar surface area (TPSA) is 90.0 Å². The number of tetrazole rings is 1. The molecule has 25 heavy (non-hydrogen) atoms. The van der Waals surface area contributed by atoms with Crippen LogP contribution in [0.2, 0.25) is 0 Å². The van der Waals surface area contributed by atoms with Crippen molar-refractivity contribution in [3.63, 3.8) is 0 Å². The zero-order valence-electron chi connectivity index (χ0n) is 13.7. The van der Waals surface area contributed by atoms with Gasteiger partial charge < -0.3 is 4.90 Å². The third-order valence-corrected chi connectivity index (χ3v) is 4.44. The van der Waals surface area contributed by atoms with Crippen LogP contribution in [0.25, 0.3) is 10.8 Å². The first kappa shape index (κ1) is 15.5. The van der Waals surface area contributed by atoms with Crippen molar-refractivity contribution in [3.05, 3.63) is 48.0 Å². The summed E-state index contributed by atoms with van der Waals surface area (Å²) in [6, 6.07) is 14.8. The van der Waals surface area contributed by atoms with Crippen LogP contribution in [-0.4, -0.2) is 62.6 Å². The molecule has 0 unspecified atom stereocenters. The fraction of sp³-hybridized carbons (Fsp3) is 0.294. The molecule has 1 aliphatic heterocycles. The second kappa shape index (κ2) is 6.86. The average molecular weight is 337 g/mol. The summed E-state index contributed by atoms with van der Waals surface area (Å²) in [5, 5.41) is 18.3. The lowest BCUT2D eigenvalue weighted by Gasteiger charge is -2.34. The summed E-state index contributed by atoms with van der Waals surface area (Å²) in [4.78, 5) is 16.3. The van der Waals surface area contributed by atoms with E-state index in [0.29, 0.717) is 13.1 Å². The molecule has 2 aromatic carbocycles. The molecule has 0 aliphatic carbocycles. The van der Waals surface area contributed by atoms with E-state index >= 15 is 0 Å². The number of amides is 2. The van der Waals surface area contributed by atoms with Crippen LogP contribution in [0.4, 0.5) is 10.7 Å². The van der Waals surface area contributed by atoms with E-state index in [4.69, 9.17) is 0 Å². The predicted molar refractivity (Wildman–Crippen MR) is 94.0 cm³/mol. The molecule has 0 radical (unpaired) electrons. The van der Waals surface area contributed by atoms with Gasteiger partial charge in [0.1, 0.15) is 0 Å². The maximum atomic E-state index is 12.2. The standard InChI is InChI=1S/C17H19N7O/c25-17(18-16-19-21-22-20-16)24-9-7-23(8-10-24)12-13-5-6-14-3-1-2-4-15(14)11-13/h1-6,11H,7-10,12H2,(H2,18,19,20,21,22,25). The molecule has 0 bridgehead atoms. The molecular formula is C17H19N7O. The maximum absolute atomic E-state index is 12.2. The summed E-state index contributed by atoms with van der Waals surface area (Å²) in [6.07, 6.45) is 0. The number of urea groups is 1. The number of benzene rings is 2. The highest BCUT2D eigenvalue weighted by Gasteiger charge is 2.22. The Bertz CT molecular complexity index is 856. The molecule has 8 heteroatoms. The molecule has 0 spiro atoms. The van der Waals surface area contributed by atoms with Gasteiger partial charge >= 0.3 is 6.03 Å². The van der Waals surface area contributed by atoms with Crippen LogP contribution >= 0.6 is 0 Å². The van der Waals surface area contributed by atoms with E-state index in [1.54, 1.807) is 4.90 Å². The van der Waals surface area contributed by atoms with Crippen molar-refractivity contribution in [3.8, 4) is 0 Å². The predicted octanol–water partition coefficient (Wildman–Crippen LogP) is 1.70.